The van der Waals surface area contributed by atoms with E-state index in [4.69, 9.17) is 5.11 Å². The number of rotatable bonds is 3. The Balaban J connectivity index is 1.87. The Hall–Kier alpha value is -0.610. The third kappa shape index (κ3) is 3.45. The zero-order valence-corrected chi connectivity index (χ0v) is 11.4. The lowest BCUT2D eigenvalue weighted by atomic mass is 9.91. The van der Waals surface area contributed by atoms with Crippen LogP contribution >= 0.6 is 0 Å². The third-order valence-corrected chi connectivity index (χ3v) is 4.33. The molecule has 2 saturated heterocycles. The summed E-state index contributed by atoms with van der Waals surface area (Å²) in [5.74, 6) is 1.43. The molecule has 2 aliphatic heterocycles. The molecule has 4 heteroatoms. The van der Waals surface area contributed by atoms with E-state index < -0.39 is 0 Å². The molecule has 0 aliphatic carbocycles. The topological polar surface area (TPSA) is 52.6 Å². The summed E-state index contributed by atoms with van der Waals surface area (Å²) < 4.78 is 0. The van der Waals surface area contributed by atoms with E-state index in [1.807, 2.05) is 4.90 Å². The minimum absolute atomic E-state index is 0.0293. The van der Waals surface area contributed by atoms with Gasteiger partial charge in [-0.15, -0.1) is 0 Å². The second-order valence-corrected chi connectivity index (χ2v) is 5.94. The van der Waals surface area contributed by atoms with Crippen LogP contribution < -0.4 is 5.32 Å². The predicted octanol–water partition coefficient (Wildman–Crippen LogP) is 0.995. The molecule has 0 bridgehead atoms. The number of nitrogens with one attached hydrogen (secondary N) is 1. The van der Waals surface area contributed by atoms with Crippen molar-refractivity contribution in [2.45, 2.75) is 45.1 Å². The van der Waals surface area contributed by atoms with Crippen LogP contribution in [0.2, 0.25) is 0 Å². The van der Waals surface area contributed by atoms with E-state index in [0.717, 1.165) is 45.3 Å². The molecule has 3 atom stereocenters. The predicted molar refractivity (Wildman–Crippen MR) is 71.2 cm³/mol. The monoisotopic (exact) mass is 254 g/mol. The fourth-order valence-electron chi connectivity index (χ4n) is 3.20. The highest BCUT2D eigenvalue weighted by Crippen LogP contribution is 2.22. The van der Waals surface area contributed by atoms with Crippen LogP contribution in [0, 0.1) is 11.8 Å². The summed E-state index contributed by atoms with van der Waals surface area (Å²) in [4.78, 5) is 14.5. The van der Waals surface area contributed by atoms with Gasteiger partial charge in [0, 0.05) is 19.7 Å². The van der Waals surface area contributed by atoms with Gasteiger partial charge in [-0.2, -0.15) is 0 Å². The Morgan fingerprint density at radius 1 is 1.44 bits per heavy atom. The standard InChI is InChI=1S/C14H26N2O2/c1-11-4-6-15-13(9-11)14(18)16-7-2-3-12(10-16)5-8-17/h11-13,15,17H,2-10H2,1H3. The molecule has 3 unspecified atom stereocenters. The first kappa shape index (κ1) is 13.8. The minimum Gasteiger partial charge on any atom is -0.396 e. The molecule has 2 aliphatic rings. The summed E-state index contributed by atoms with van der Waals surface area (Å²) in [7, 11) is 0. The SMILES string of the molecule is CC1CCNC(C(=O)N2CCCC(CCO)C2)C1. The first-order valence-corrected chi connectivity index (χ1v) is 7.33. The van der Waals surface area contributed by atoms with Gasteiger partial charge in [-0.05, 0) is 50.5 Å². The number of piperidine rings is 2. The normalized spacial score (nSPS) is 33.4. The van der Waals surface area contributed by atoms with Gasteiger partial charge in [0.2, 0.25) is 5.91 Å². The van der Waals surface area contributed by atoms with Crippen molar-refractivity contribution in [3.8, 4) is 0 Å². The second-order valence-electron chi connectivity index (χ2n) is 5.94. The molecule has 1 amide bonds. The lowest BCUT2D eigenvalue weighted by Gasteiger charge is -2.37. The lowest BCUT2D eigenvalue weighted by molar-refractivity contribution is -0.136. The van der Waals surface area contributed by atoms with Crippen LogP contribution in [-0.2, 0) is 4.79 Å². The largest absolute Gasteiger partial charge is 0.396 e. The van der Waals surface area contributed by atoms with Gasteiger partial charge in [-0.3, -0.25) is 4.79 Å². The maximum atomic E-state index is 12.4. The zero-order valence-electron chi connectivity index (χ0n) is 11.4. The number of nitrogens with zero attached hydrogens (tertiary/aromatic N) is 1. The van der Waals surface area contributed by atoms with Gasteiger partial charge >= 0.3 is 0 Å². The Morgan fingerprint density at radius 2 is 2.28 bits per heavy atom. The van der Waals surface area contributed by atoms with Gasteiger partial charge in [0.15, 0.2) is 0 Å². The van der Waals surface area contributed by atoms with Crippen molar-refractivity contribution < 1.29 is 9.90 Å². The van der Waals surface area contributed by atoms with Crippen molar-refractivity contribution in [3.05, 3.63) is 0 Å². The van der Waals surface area contributed by atoms with Crippen LogP contribution in [0.25, 0.3) is 0 Å². The quantitative estimate of drug-likeness (QED) is 0.790. The number of aliphatic hydroxyl groups excluding tert-OH is 1. The van der Waals surface area contributed by atoms with E-state index >= 15 is 0 Å². The Bertz CT molecular complexity index is 281. The molecular formula is C14H26N2O2. The maximum absolute atomic E-state index is 12.4. The van der Waals surface area contributed by atoms with Gasteiger partial charge in [0.1, 0.15) is 0 Å². The number of likely N-dealkylation sites (tertiary alicyclic amines) is 1. The number of hydrogen-bond donors (Lipinski definition) is 2. The molecule has 0 aromatic rings. The van der Waals surface area contributed by atoms with Gasteiger partial charge in [-0.25, -0.2) is 0 Å². The molecule has 0 aromatic carbocycles. The highest BCUT2D eigenvalue weighted by Gasteiger charge is 2.31. The van der Waals surface area contributed by atoms with E-state index in [0.29, 0.717) is 11.8 Å². The number of carbonyl (C=O) groups is 1. The van der Waals surface area contributed by atoms with E-state index in [1.165, 1.54) is 6.42 Å². The zero-order chi connectivity index (χ0) is 13.0. The summed E-state index contributed by atoms with van der Waals surface area (Å²) in [6.07, 6.45) is 5.21. The Kier molecular flexibility index (Phi) is 5.01. The fourth-order valence-corrected chi connectivity index (χ4v) is 3.20. The Morgan fingerprint density at radius 3 is 3.00 bits per heavy atom. The molecule has 2 N–H and O–H groups in total. The fraction of sp³-hybridized carbons (Fsp3) is 0.929. The molecule has 2 fully saturated rings. The molecule has 104 valence electrons. The summed E-state index contributed by atoms with van der Waals surface area (Å²) in [5, 5.41) is 12.4. The van der Waals surface area contributed by atoms with Crippen LogP contribution in [0.4, 0.5) is 0 Å². The van der Waals surface area contributed by atoms with Gasteiger partial charge in [0.25, 0.3) is 0 Å². The van der Waals surface area contributed by atoms with Crippen molar-refractivity contribution in [2.24, 2.45) is 11.8 Å². The van der Waals surface area contributed by atoms with E-state index in [1.54, 1.807) is 0 Å². The van der Waals surface area contributed by atoms with Gasteiger partial charge in [-0.1, -0.05) is 6.92 Å². The molecule has 4 nitrogen and oxygen atoms in total. The summed E-state index contributed by atoms with van der Waals surface area (Å²) in [5.41, 5.74) is 0. The molecular weight excluding hydrogens is 228 g/mol. The number of carbonyl (C=O) groups excluding carboxylic acids is 1. The summed E-state index contributed by atoms with van der Waals surface area (Å²) in [6, 6.07) is 0.0293. The van der Waals surface area contributed by atoms with E-state index in [-0.39, 0.29) is 18.6 Å². The number of amides is 1. The average Bonchev–Trinajstić information content (AvgIpc) is 2.39. The van der Waals surface area contributed by atoms with E-state index in [9.17, 15) is 4.79 Å². The molecule has 18 heavy (non-hydrogen) atoms. The highest BCUT2D eigenvalue weighted by molar-refractivity contribution is 5.82. The van der Waals surface area contributed by atoms with Crippen molar-refractivity contribution >= 4 is 5.91 Å². The lowest BCUT2D eigenvalue weighted by Crippen LogP contribution is -2.52. The van der Waals surface area contributed by atoms with Crippen molar-refractivity contribution in [1.82, 2.24) is 10.2 Å². The number of aliphatic hydroxyl groups is 1. The van der Waals surface area contributed by atoms with Crippen LogP contribution in [0.5, 0.6) is 0 Å². The van der Waals surface area contributed by atoms with Crippen molar-refractivity contribution in [2.75, 3.05) is 26.2 Å². The molecule has 0 saturated carbocycles. The molecule has 0 aromatic heterocycles. The summed E-state index contributed by atoms with van der Waals surface area (Å²) >= 11 is 0. The number of hydrogen-bond acceptors (Lipinski definition) is 3. The van der Waals surface area contributed by atoms with Crippen LogP contribution in [0.15, 0.2) is 0 Å². The average molecular weight is 254 g/mol. The summed E-state index contributed by atoms with van der Waals surface area (Å²) in [6.45, 7) is 5.17. The van der Waals surface area contributed by atoms with Crippen LogP contribution in [0.1, 0.15) is 39.0 Å². The molecule has 0 radical (unpaired) electrons. The third-order valence-electron chi connectivity index (χ3n) is 4.33. The Labute approximate surface area is 110 Å². The van der Waals surface area contributed by atoms with Gasteiger partial charge in [0.05, 0.1) is 6.04 Å². The maximum Gasteiger partial charge on any atom is 0.239 e. The van der Waals surface area contributed by atoms with Crippen LogP contribution in [-0.4, -0.2) is 48.2 Å². The molecule has 2 heterocycles. The highest BCUT2D eigenvalue weighted by atomic mass is 16.3. The smallest absolute Gasteiger partial charge is 0.239 e. The van der Waals surface area contributed by atoms with Crippen molar-refractivity contribution in [3.63, 3.8) is 0 Å². The molecule has 2 rings (SSSR count). The van der Waals surface area contributed by atoms with E-state index in [2.05, 4.69) is 12.2 Å². The first-order valence-electron chi connectivity index (χ1n) is 7.33. The van der Waals surface area contributed by atoms with Crippen molar-refractivity contribution in [1.29, 1.82) is 0 Å². The first-order chi connectivity index (χ1) is 8.70. The second kappa shape index (κ2) is 6.53. The molecule has 0 spiro atoms. The minimum atomic E-state index is 0.0293. The van der Waals surface area contributed by atoms with Gasteiger partial charge < -0.3 is 15.3 Å². The van der Waals surface area contributed by atoms with Crippen LogP contribution in [0.3, 0.4) is 0 Å².